The maximum Gasteiger partial charge on any atom is 0.132 e. The minimum atomic E-state index is -1.42. The summed E-state index contributed by atoms with van der Waals surface area (Å²) in [7, 11) is 0. The molecule has 3 nitrogen and oxygen atoms in total. The van der Waals surface area contributed by atoms with Gasteiger partial charge in [-0.2, -0.15) is 0 Å². The highest BCUT2D eigenvalue weighted by molar-refractivity contribution is 6.30. The van der Waals surface area contributed by atoms with Crippen LogP contribution in [0.15, 0.2) is 42.5 Å². The highest BCUT2D eigenvalue weighted by atomic mass is 35.5. The van der Waals surface area contributed by atoms with Crippen molar-refractivity contribution in [3.8, 4) is 11.5 Å². The predicted octanol–water partition coefficient (Wildman–Crippen LogP) is 3.86. The third-order valence-electron chi connectivity index (χ3n) is 3.17. The highest BCUT2D eigenvalue weighted by Crippen LogP contribution is 2.31. The van der Waals surface area contributed by atoms with Crippen LogP contribution in [0.2, 0.25) is 5.02 Å². The lowest BCUT2D eigenvalue weighted by Crippen LogP contribution is -2.24. The Balaban J connectivity index is 2.21. The molecule has 0 heterocycles. The van der Waals surface area contributed by atoms with Crippen molar-refractivity contribution in [2.24, 2.45) is 0 Å². The molecule has 0 bridgehead atoms. The van der Waals surface area contributed by atoms with E-state index < -0.39 is 11.4 Å². The fourth-order valence-electron chi connectivity index (χ4n) is 1.99. The van der Waals surface area contributed by atoms with Crippen LogP contribution in [0.25, 0.3) is 0 Å². The van der Waals surface area contributed by atoms with Gasteiger partial charge in [0.15, 0.2) is 0 Å². The molecule has 0 saturated carbocycles. The number of rotatable bonds is 5. The molecule has 2 aromatic carbocycles. The molecule has 0 amide bonds. The van der Waals surface area contributed by atoms with E-state index in [0.717, 1.165) is 0 Å². The number of aliphatic hydroxyl groups excluding tert-OH is 1. The Bertz CT molecular complexity index is 611. The quantitative estimate of drug-likeness (QED) is 0.881. The summed E-state index contributed by atoms with van der Waals surface area (Å²) in [6, 6.07) is 10.9. The van der Waals surface area contributed by atoms with Gasteiger partial charge in [-0.25, -0.2) is 4.39 Å². The predicted molar refractivity (Wildman–Crippen MR) is 79.2 cm³/mol. The lowest BCUT2D eigenvalue weighted by Gasteiger charge is -2.23. The molecule has 0 radical (unpaired) electrons. The van der Waals surface area contributed by atoms with Gasteiger partial charge in [0, 0.05) is 29.7 Å². The molecule has 2 aromatic rings. The molecule has 0 aliphatic heterocycles. The molecule has 0 aliphatic rings. The Hall–Kier alpha value is -1.62. The molecule has 1 unspecified atom stereocenters. The van der Waals surface area contributed by atoms with Crippen molar-refractivity contribution in [3.63, 3.8) is 0 Å². The van der Waals surface area contributed by atoms with Crippen LogP contribution in [0.1, 0.15) is 18.9 Å². The van der Waals surface area contributed by atoms with Crippen molar-refractivity contribution in [1.82, 2.24) is 0 Å². The fraction of sp³-hybridized carbons (Fsp3) is 0.250. The summed E-state index contributed by atoms with van der Waals surface area (Å²) < 4.78 is 19.6. The summed E-state index contributed by atoms with van der Waals surface area (Å²) >= 11 is 5.78. The third-order valence-corrected chi connectivity index (χ3v) is 3.42. The molecular formula is C16H16ClFO3. The zero-order valence-electron chi connectivity index (χ0n) is 11.5. The van der Waals surface area contributed by atoms with Gasteiger partial charge in [0.1, 0.15) is 17.3 Å². The van der Waals surface area contributed by atoms with Gasteiger partial charge >= 0.3 is 0 Å². The molecular weight excluding hydrogens is 295 g/mol. The summed E-state index contributed by atoms with van der Waals surface area (Å²) in [5.41, 5.74) is -1.29. The number of aliphatic hydroxyl groups is 2. The van der Waals surface area contributed by atoms with E-state index in [0.29, 0.717) is 16.5 Å². The average molecular weight is 311 g/mol. The van der Waals surface area contributed by atoms with Crippen LogP contribution >= 0.6 is 11.6 Å². The van der Waals surface area contributed by atoms with Gasteiger partial charge in [0.2, 0.25) is 0 Å². The van der Waals surface area contributed by atoms with Gasteiger partial charge in [-0.3, -0.25) is 0 Å². The minimum absolute atomic E-state index is 0.0569. The Morgan fingerprint density at radius 2 is 1.76 bits per heavy atom. The van der Waals surface area contributed by atoms with Gasteiger partial charge in [0.25, 0.3) is 0 Å². The summed E-state index contributed by atoms with van der Waals surface area (Å²) in [5.74, 6) is 0.270. The van der Waals surface area contributed by atoms with Crippen LogP contribution in [-0.4, -0.2) is 16.8 Å². The smallest absolute Gasteiger partial charge is 0.132 e. The Morgan fingerprint density at radius 1 is 1.14 bits per heavy atom. The highest BCUT2D eigenvalue weighted by Gasteiger charge is 2.26. The number of hydrogen-bond donors (Lipinski definition) is 2. The largest absolute Gasteiger partial charge is 0.457 e. The lowest BCUT2D eigenvalue weighted by molar-refractivity contribution is 0.0267. The van der Waals surface area contributed by atoms with Gasteiger partial charge in [-0.1, -0.05) is 11.6 Å². The van der Waals surface area contributed by atoms with Crippen LogP contribution in [0.3, 0.4) is 0 Å². The van der Waals surface area contributed by atoms with E-state index >= 15 is 0 Å². The van der Waals surface area contributed by atoms with Crippen LogP contribution in [0.5, 0.6) is 11.5 Å². The van der Waals surface area contributed by atoms with Crippen molar-refractivity contribution in [2.75, 3.05) is 6.61 Å². The molecule has 1 atom stereocenters. The average Bonchev–Trinajstić information content (AvgIpc) is 2.41. The van der Waals surface area contributed by atoms with Gasteiger partial charge in [-0.05, 0) is 43.3 Å². The van der Waals surface area contributed by atoms with E-state index in [2.05, 4.69) is 0 Å². The molecule has 0 saturated heterocycles. The third kappa shape index (κ3) is 3.94. The number of ether oxygens (including phenoxy) is 1. The molecule has 112 valence electrons. The lowest BCUT2D eigenvalue weighted by atomic mass is 9.92. The second-order valence-corrected chi connectivity index (χ2v) is 5.38. The summed E-state index contributed by atoms with van der Waals surface area (Å²) in [6.45, 7) is 1.23. The zero-order chi connectivity index (χ0) is 15.5. The summed E-state index contributed by atoms with van der Waals surface area (Å²) in [5, 5.41) is 19.6. The van der Waals surface area contributed by atoms with Gasteiger partial charge in [0.05, 0.1) is 5.60 Å². The molecule has 5 heteroatoms. The Labute approximate surface area is 127 Å². The molecule has 2 N–H and O–H groups in total. The molecule has 21 heavy (non-hydrogen) atoms. The first-order valence-electron chi connectivity index (χ1n) is 6.49. The second-order valence-electron chi connectivity index (χ2n) is 4.95. The molecule has 0 aromatic heterocycles. The second kappa shape index (κ2) is 6.43. The van der Waals surface area contributed by atoms with E-state index in [1.54, 1.807) is 30.3 Å². The topological polar surface area (TPSA) is 49.7 Å². The van der Waals surface area contributed by atoms with Gasteiger partial charge in [-0.15, -0.1) is 0 Å². The first kappa shape index (κ1) is 15.8. The molecule has 0 fully saturated rings. The minimum Gasteiger partial charge on any atom is -0.457 e. The van der Waals surface area contributed by atoms with Crippen molar-refractivity contribution < 1.29 is 19.3 Å². The van der Waals surface area contributed by atoms with E-state index in [4.69, 9.17) is 21.4 Å². The monoisotopic (exact) mass is 310 g/mol. The van der Waals surface area contributed by atoms with Crippen molar-refractivity contribution >= 4 is 11.6 Å². The maximum absolute atomic E-state index is 14.1. The normalized spacial score (nSPS) is 13.8. The SMILES string of the molecule is CC(O)(CCO)c1ccc(Oc2ccc(Cl)cc2)cc1F. The van der Waals surface area contributed by atoms with Crippen molar-refractivity contribution in [2.45, 2.75) is 18.9 Å². The molecule has 2 rings (SSSR count). The van der Waals surface area contributed by atoms with Crippen LogP contribution in [0, 0.1) is 5.82 Å². The van der Waals surface area contributed by atoms with Crippen LogP contribution in [0.4, 0.5) is 4.39 Å². The number of benzene rings is 2. The van der Waals surface area contributed by atoms with E-state index in [9.17, 15) is 9.50 Å². The Kier molecular flexibility index (Phi) is 4.83. The van der Waals surface area contributed by atoms with E-state index in [-0.39, 0.29) is 18.6 Å². The maximum atomic E-state index is 14.1. The number of halogens is 2. The van der Waals surface area contributed by atoms with Crippen molar-refractivity contribution in [1.29, 1.82) is 0 Å². The van der Waals surface area contributed by atoms with Crippen LogP contribution in [-0.2, 0) is 5.60 Å². The standard InChI is InChI=1S/C16H16ClFO3/c1-16(20,8-9-19)14-7-6-13(10-15(14)18)21-12-4-2-11(17)3-5-12/h2-7,10,19-20H,8-9H2,1H3. The van der Waals surface area contributed by atoms with E-state index in [1.165, 1.54) is 19.1 Å². The first-order valence-corrected chi connectivity index (χ1v) is 6.87. The summed E-state index contributed by atoms with van der Waals surface area (Å²) in [4.78, 5) is 0. The summed E-state index contributed by atoms with van der Waals surface area (Å²) in [6.07, 6.45) is 0.0569. The Morgan fingerprint density at radius 3 is 2.33 bits per heavy atom. The first-order chi connectivity index (χ1) is 9.92. The van der Waals surface area contributed by atoms with E-state index in [1.807, 2.05) is 0 Å². The van der Waals surface area contributed by atoms with Crippen LogP contribution < -0.4 is 4.74 Å². The molecule has 0 aliphatic carbocycles. The van der Waals surface area contributed by atoms with Gasteiger partial charge < -0.3 is 14.9 Å². The number of hydrogen-bond acceptors (Lipinski definition) is 3. The molecule has 0 spiro atoms. The fourth-order valence-corrected chi connectivity index (χ4v) is 2.11. The van der Waals surface area contributed by atoms with Crippen molar-refractivity contribution in [3.05, 3.63) is 58.9 Å². The zero-order valence-corrected chi connectivity index (χ0v) is 12.3.